The molecule has 7 nitrogen and oxygen atoms in total. The Bertz CT molecular complexity index is 992. The van der Waals surface area contributed by atoms with Gasteiger partial charge in [0.15, 0.2) is 0 Å². The van der Waals surface area contributed by atoms with Crippen LogP contribution in [0.2, 0.25) is 0 Å². The van der Waals surface area contributed by atoms with Gasteiger partial charge in [0.2, 0.25) is 0 Å². The van der Waals surface area contributed by atoms with Gasteiger partial charge in [-0.25, -0.2) is 9.29 Å². The van der Waals surface area contributed by atoms with E-state index in [1.54, 1.807) is 16.6 Å². The maximum atomic E-state index is 7.76. The first-order valence-electron chi connectivity index (χ1n) is 9.57. The predicted molar refractivity (Wildman–Crippen MR) is 121 cm³/mol. The molecule has 0 aliphatic carbocycles. The van der Waals surface area contributed by atoms with Crippen LogP contribution in [0.25, 0.3) is 11.1 Å². The Hall–Kier alpha value is -2.84. The summed E-state index contributed by atoms with van der Waals surface area (Å²) in [7, 11) is 1.91. The molecule has 0 unspecified atom stereocenters. The van der Waals surface area contributed by atoms with Crippen LogP contribution in [-0.4, -0.2) is 57.7 Å². The smallest absolute Gasteiger partial charge is 0.130 e. The van der Waals surface area contributed by atoms with Gasteiger partial charge >= 0.3 is 0 Å². The molecule has 2 N–H and O–H groups in total. The third-order valence-corrected chi connectivity index (χ3v) is 5.97. The standard InChI is InChI=1S/C21H25N7S/c1-26-15-18(14-24-26)16-3-4-17(13-22)20(11-16)25-19-5-6-23-21(12-19)27-7-9-28(29-2)10-8-27/h3-6,11-15,22H,7-10H2,1-2H3,(H,23,25). The first kappa shape index (κ1) is 19.5. The van der Waals surface area contributed by atoms with E-state index in [4.69, 9.17) is 5.41 Å². The number of hydrogen-bond donors (Lipinski definition) is 2. The first-order chi connectivity index (χ1) is 14.2. The van der Waals surface area contributed by atoms with Crippen molar-refractivity contribution in [2.45, 2.75) is 0 Å². The largest absolute Gasteiger partial charge is 0.355 e. The van der Waals surface area contributed by atoms with Crippen molar-refractivity contribution >= 4 is 35.4 Å². The molecule has 4 rings (SSSR count). The molecule has 0 amide bonds. The minimum Gasteiger partial charge on any atom is -0.355 e. The van der Waals surface area contributed by atoms with Gasteiger partial charge in [0.1, 0.15) is 5.82 Å². The fourth-order valence-electron chi connectivity index (χ4n) is 3.46. The van der Waals surface area contributed by atoms with E-state index in [1.165, 1.54) is 6.21 Å². The summed E-state index contributed by atoms with van der Waals surface area (Å²) >= 11 is 1.80. The normalized spacial score (nSPS) is 14.8. The average Bonchev–Trinajstić information content (AvgIpc) is 3.20. The average molecular weight is 408 g/mol. The van der Waals surface area contributed by atoms with Crippen LogP contribution in [0.3, 0.4) is 0 Å². The molecule has 150 valence electrons. The SMILES string of the molecule is CSN1CCN(c2cc(Nc3cc(-c4cnn(C)c4)ccc3C=N)ccn2)CC1. The number of anilines is 3. The van der Waals surface area contributed by atoms with E-state index in [2.05, 4.69) is 43.0 Å². The van der Waals surface area contributed by atoms with Crippen LogP contribution >= 0.6 is 11.9 Å². The van der Waals surface area contributed by atoms with E-state index in [0.717, 1.165) is 60.1 Å². The summed E-state index contributed by atoms with van der Waals surface area (Å²) < 4.78 is 4.16. The van der Waals surface area contributed by atoms with E-state index in [-0.39, 0.29) is 0 Å². The first-order valence-corrected chi connectivity index (χ1v) is 10.7. The zero-order valence-electron chi connectivity index (χ0n) is 16.7. The van der Waals surface area contributed by atoms with E-state index in [9.17, 15) is 0 Å². The molecule has 1 aliphatic heterocycles. The molecule has 3 heterocycles. The maximum absolute atomic E-state index is 7.76. The molecule has 1 saturated heterocycles. The minimum absolute atomic E-state index is 0.838. The summed E-state index contributed by atoms with van der Waals surface area (Å²) in [6.07, 6.45) is 9.18. The summed E-state index contributed by atoms with van der Waals surface area (Å²) in [4.78, 5) is 6.89. The quantitative estimate of drug-likeness (QED) is 0.480. The van der Waals surface area contributed by atoms with Gasteiger partial charge in [-0.3, -0.25) is 4.68 Å². The number of hydrogen-bond acceptors (Lipinski definition) is 7. The molecular weight excluding hydrogens is 382 g/mol. The van der Waals surface area contributed by atoms with Crippen molar-refractivity contribution in [2.24, 2.45) is 7.05 Å². The van der Waals surface area contributed by atoms with Crippen LogP contribution in [0.1, 0.15) is 5.56 Å². The highest BCUT2D eigenvalue weighted by Gasteiger charge is 2.17. The fourth-order valence-corrected chi connectivity index (χ4v) is 3.99. The predicted octanol–water partition coefficient (Wildman–Crippen LogP) is 3.62. The van der Waals surface area contributed by atoms with Crippen molar-refractivity contribution < 1.29 is 0 Å². The molecule has 2 aromatic heterocycles. The van der Waals surface area contributed by atoms with Crippen molar-refractivity contribution in [2.75, 3.05) is 42.7 Å². The molecule has 0 atom stereocenters. The number of piperazine rings is 1. The Morgan fingerprint density at radius 2 is 1.93 bits per heavy atom. The molecule has 29 heavy (non-hydrogen) atoms. The van der Waals surface area contributed by atoms with E-state index in [0.29, 0.717) is 0 Å². The molecule has 1 fully saturated rings. The molecule has 0 radical (unpaired) electrons. The Balaban J connectivity index is 1.56. The maximum Gasteiger partial charge on any atom is 0.130 e. The van der Waals surface area contributed by atoms with Crippen molar-refractivity contribution in [1.29, 1.82) is 5.41 Å². The van der Waals surface area contributed by atoms with Crippen molar-refractivity contribution in [3.05, 3.63) is 54.5 Å². The van der Waals surface area contributed by atoms with Crippen LogP contribution in [0, 0.1) is 5.41 Å². The summed E-state index contributed by atoms with van der Waals surface area (Å²) in [5, 5.41) is 15.5. The van der Waals surface area contributed by atoms with Gasteiger partial charge in [-0.2, -0.15) is 5.10 Å². The Labute approximate surface area is 175 Å². The van der Waals surface area contributed by atoms with Gasteiger partial charge in [0, 0.05) is 80.4 Å². The van der Waals surface area contributed by atoms with Crippen LogP contribution in [0.15, 0.2) is 48.9 Å². The van der Waals surface area contributed by atoms with Gasteiger partial charge in [0.25, 0.3) is 0 Å². The number of nitrogens with zero attached hydrogens (tertiary/aromatic N) is 5. The van der Waals surface area contributed by atoms with Gasteiger partial charge in [-0.1, -0.05) is 24.1 Å². The van der Waals surface area contributed by atoms with Gasteiger partial charge in [-0.15, -0.1) is 0 Å². The Morgan fingerprint density at radius 1 is 1.10 bits per heavy atom. The third-order valence-electron chi connectivity index (χ3n) is 5.09. The molecular formula is C21H25N7S. The second-order valence-electron chi connectivity index (χ2n) is 6.98. The topological polar surface area (TPSA) is 73.1 Å². The summed E-state index contributed by atoms with van der Waals surface area (Å²) in [6.45, 7) is 4.01. The molecule has 3 aromatic rings. The molecule has 0 spiro atoms. The van der Waals surface area contributed by atoms with Crippen LogP contribution in [0.4, 0.5) is 17.2 Å². The summed E-state index contributed by atoms with van der Waals surface area (Å²) in [5.74, 6) is 0.982. The summed E-state index contributed by atoms with van der Waals surface area (Å²) in [6, 6.07) is 10.1. The van der Waals surface area contributed by atoms with Crippen LogP contribution in [0.5, 0.6) is 0 Å². The monoisotopic (exact) mass is 407 g/mol. The van der Waals surface area contributed by atoms with E-state index >= 15 is 0 Å². The van der Waals surface area contributed by atoms with Gasteiger partial charge in [-0.05, 0) is 24.0 Å². The van der Waals surface area contributed by atoms with Gasteiger partial charge < -0.3 is 15.6 Å². The lowest BCUT2D eigenvalue weighted by atomic mass is 10.1. The highest BCUT2D eigenvalue weighted by Crippen LogP contribution is 2.28. The number of benzene rings is 1. The number of rotatable bonds is 6. The molecule has 0 bridgehead atoms. The molecule has 1 aromatic carbocycles. The fraction of sp³-hybridized carbons (Fsp3) is 0.286. The number of pyridine rings is 1. The second kappa shape index (κ2) is 8.67. The van der Waals surface area contributed by atoms with Crippen LogP contribution in [-0.2, 0) is 7.05 Å². The third kappa shape index (κ3) is 4.44. The van der Waals surface area contributed by atoms with Crippen molar-refractivity contribution in [3.63, 3.8) is 0 Å². The Kier molecular flexibility index (Phi) is 5.82. The van der Waals surface area contributed by atoms with E-state index < -0.39 is 0 Å². The minimum atomic E-state index is 0.838. The second-order valence-corrected chi connectivity index (χ2v) is 7.86. The van der Waals surface area contributed by atoms with Crippen molar-refractivity contribution in [1.82, 2.24) is 19.1 Å². The molecule has 8 heteroatoms. The number of nitrogens with one attached hydrogen (secondary N) is 2. The lowest BCUT2D eigenvalue weighted by Gasteiger charge is -2.34. The number of aromatic nitrogens is 3. The van der Waals surface area contributed by atoms with E-state index in [1.807, 2.05) is 43.8 Å². The van der Waals surface area contributed by atoms with Crippen molar-refractivity contribution in [3.8, 4) is 11.1 Å². The van der Waals surface area contributed by atoms with Crippen LogP contribution < -0.4 is 10.2 Å². The molecule has 1 aliphatic rings. The lowest BCUT2D eigenvalue weighted by Crippen LogP contribution is -2.43. The number of aryl methyl sites for hydroxylation is 1. The Morgan fingerprint density at radius 3 is 2.62 bits per heavy atom. The highest BCUT2D eigenvalue weighted by molar-refractivity contribution is 7.96. The highest BCUT2D eigenvalue weighted by atomic mass is 32.2. The lowest BCUT2D eigenvalue weighted by molar-refractivity contribution is 0.429. The molecule has 0 saturated carbocycles. The summed E-state index contributed by atoms with van der Waals surface area (Å²) in [5.41, 5.74) is 4.81. The van der Waals surface area contributed by atoms with Gasteiger partial charge in [0.05, 0.1) is 6.20 Å². The zero-order chi connectivity index (χ0) is 20.2. The zero-order valence-corrected chi connectivity index (χ0v) is 17.5.